The fraction of sp³-hybridized carbons (Fsp3) is 0.588. The highest BCUT2D eigenvalue weighted by molar-refractivity contribution is 7.89. The number of nitrogens with zero attached hydrogens (tertiary/aromatic N) is 3. The predicted octanol–water partition coefficient (Wildman–Crippen LogP) is 1.26. The molecule has 0 spiro atoms. The standard InChI is InChI=1S/C17H27N3O4S/c1-5-8-19-9-11-20(12-10-19)16-7-6-14(25(22,23)18(2)3)13-15(16)17(21)24-4/h6-7,13H,5,8-12H2,1-4H3. The van der Waals surface area contributed by atoms with Gasteiger partial charge in [-0.2, -0.15) is 0 Å². The fourth-order valence-electron chi connectivity index (χ4n) is 2.96. The quantitative estimate of drug-likeness (QED) is 0.703. The van der Waals surface area contributed by atoms with Crippen LogP contribution in [0.3, 0.4) is 0 Å². The van der Waals surface area contributed by atoms with Crippen LogP contribution in [0.4, 0.5) is 5.69 Å². The van der Waals surface area contributed by atoms with E-state index in [0.717, 1.165) is 49.1 Å². The maximum absolute atomic E-state index is 12.4. The van der Waals surface area contributed by atoms with Crippen LogP contribution >= 0.6 is 0 Å². The van der Waals surface area contributed by atoms with E-state index in [1.54, 1.807) is 12.1 Å². The van der Waals surface area contributed by atoms with Crippen molar-refractivity contribution in [3.63, 3.8) is 0 Å². The molecule has 0 amide bonds. The van der Waals surface area contributed by atoms with Crippen molar-refractivity contribution in [2.45, 2.75) is 18.2 Å². The minimum absolute atomic E-state index is 0.0891. The van der Waals surface area contributed by atoms with E-state index in [1.807, 2.05) is 0 Å². The second kappa shape index (κ2) is 8.16. The Morgan fingerprint density at radius 1 is 1.20 bits per heavy atom. The molecule has 1 aliphatic rings. The number of sulfonamides is 1. The lowest BCUT2D eigenvalue weighted by atomic mass is 10.1. The summed E-state index contributed by atoms with van der Waals surface area (Å²) in [5.41, 5.74) is 1.01. The van der Waals surface area contributed by atoms with E-state index in [4.69, 9.17) is 4.74 Å². The Kier molecular flexibility index (Phi) is 6.42. The van der Waals surface area contributed by atoms with Crippen molar-refractivity contribution in [2.75, 3.05) is 58.8 Å². The summed E-state index contributed by atoms with van der Waals surface area (Å²) >= 11 is 0. The summed E-state index contributed by atoms with van der Waals surface area (Å²) in [6.07, 6.45) is 1.12. The molecular weight excluding hydrogens is 342 g/mol. The van der Waals surface area contributed by atoms with Gasteiger partial charge in [0.2, 0.25) is 10.0 Å². The van der Waals surface area contributed by atoms with Crippen LogP contribution in [0.2, 0.25) is 0 Å². The molecule has 1 aliphatic heterocycles. The zero-order valence-corrected chi connectivity index (χ0v) is 16.2. The monoisotopic (exact) mass is 369 g/mol. The Balaban J connectivity index is 2.34. The summed E-state index contributed by atoms with van der Waals surface area (Å²) < 4.78 is 30.7. The summed E-state index contributed by atoms with van der Waals surface area (Å²) in [6, 6.07) is 4.67. The lowest BCUT2D eigenvalue weighted by molar-refractivity contribution is 0.0601. The molecule has 0 unspecified atom stereocenters. The van der Waals surface area contributed by atoms with Gasteiger partial charge in [-0.1, -0.05) is 6.92 Å². The molecule has 0 aliphatic carbocycles. The molecule has 7 nitrogen and oxygen atoms in total. The number of anilines is 1. The van der Waals surface area contributed by atoms with Crippen molar-refractivity contribution in [1.29, 1.82) is 0 Å². The van der Waals surface area contributed by atoms with Crippen molar-refractivity contribution >= 4 is 21.7 Å². The molecule has 0 N–H and O–H groups in total. The molecule has 0 radical (unpaired) electrons. The van der Waals surface area contributed by atoms with Gasteiger partial charge >= 0.3 is 5.97 Å². The molecule has 0 atom stereocenters. The van der Waals surface area contributed by atoms with Crippen LogP contribution in [0.1, 0.15) is 23.7 Å². The van der Waals surface area contributed by atoms with Gasteiger partial charge < -0.3 is 9.64 Å². The Morgan fingerprint density at radius 3 is 2.36 bits per heavy atom. The van der Waals surface area contributed by atoms with Crippen molar-refractivity contribution in [2.24, 2.45) is 0 Å². The number of benzene rings is 1. The SMILES string of the molecule is CCCN1CCN(c2ccc(S(=O)(=O)N(C)C)cc2C(=O)OC)CC1. The maximum Gasteiger partial charge on any atom is 0.340 e. The zero-order chi connectivity index (χ0) is 18.6. The Bertz CT molecular complexity index is 711. The Hall–Kier alpha value is -1.64. The molecule has 0 aromatic heterocycles. The fourth-order valence-corrected chi connectivity index (χ4v) is 3.89. The summed E-state index contributed by atoms with van der Waals surface area (Å²) in [6.45, 7) is 6.66. The predicted molar refractivity (Wildman–Crippen MR) is 97.6 cm³/mol. The number of carbonyl (C=O) groups excluding carboxylic acids is 1. The largest absolute Gasteiger partial charge is 0.465 e. The van der Waals surface area contributed by atoms with Gasteiger partial charge in [-0.25, -0.2) is 17.5 Å². The molecule has 1 aromatic carbocycles. The summed E-state index contributed by atoms with van der Waals surface area (Å²) in [7, 11) is 0.631. The van der Waals surface area contributed by atoms with Crippen LogP contribution in [0.25, 0.3) is 0 Å². The van der Waals surface area contributed by atoms with Crippen molar-refractivity contribution < 1.29 is 17.9 Å². The van der Waals surface area contributed by atoms with E-state index in [2.05, 4.69) is 16.7 Å². The average Bonchev–Trinajstić information content (AvgIpc) is 2.61. The van der Waals surface area contributed by atoms with Gasteiger partial charge in [-0.05, 0) is 31.2 Å². The van der Waals surface area contributed by atoms with Crippen LogP contribution in [0.15, 0.2) is 23.1 Å². The van der Waals surface area contributed by atoms with E-state index in [0.29, 0.717) is 0 Å². The number of carbonyl (C=O) groups is 1. The molecule has 0 saturated carbocycles. The van der Waals surface area contributed by atoms with E-state index in [-0.39, 0.29) is 10.5 Å². The molecular formula is C17H27N3O4S. The molecule has 1 heterocycles. The van der Waals surface area contributed by atoms with Crippen molar-refractivity contribution in [1.82, 2.24) is 9.21 Å². The van der Waals surface area contributed by atoms with Gasteiger partial charge in [0, 0.05) is 40.3 Å². The third kappa shape index (κ3) is 4.31. The van der Waals surface area contributed by atoms with E-state index in [9.17, 15) is 13.2 Å². The highest BCUT2D eigenvalue weighted by Crippen LogP contribution is 2.27. The Labute approximate surface area is 150 Å². The highest BCUT2D eigenvalue weighted by Gasteiger charge is 2.25. The number of rotatable bonds is 6. The van der Waals surface area contributed by atoms with E-state index >= 15 is 0 Å². The van der Waals surface area contributed by atoms with Gasteiger partial charge in [-0.15, -0.1) is 0 Å². The third-order valence-corrected chi connectivity index (χ3v) is 6.22. The minimum atomic E-state index is -3.61. The average molecular weight is 369 g/mol. The first-order chi connectivity index (χ1) is 11.8. The summed E-state index contributed by atoms with van der Waals surface area (Å²) in [5, 5.41) is 0. The maximum atomic E-state index is 12.4. The smallest absolute Gasteiger partial charge is 0.340 e. The first kappa shape index (κ1) is 19.7. The second-order valence-corrected chi connectivity index (χ2v) is 8.44. The van der Waals surface area contributed by atoms with Crippen molar-refractivity contribution in [3.05, 3.63) is 23.8 Å². The minimum Gasteiger partial charge on any atom is -0.465 e. The van der Waals surface area contributed by atoms with Gasteiger partial charge in [0.1, 0.15) is 0 Å². The number of hydrogen-bond acceptors (Lipinski definition) is 6. The summed E-state index contributed by atoms with van der Waals surface area (Å²) in [4.78, 5) is 16.8. The molecule has 2 rings (SSSR count). The lowest BCUT2D eigenvalue weighted by Crippen LogP contribution is -2.47. The topological polar surface area (TPSA) is 70.2 Å². The van der Waals surface area contributed by atoms with Gasteiger partial charge in [0.25, 0.3) is 0 Å². The molecule has 8 heteroatoms. The van der Waals surface area contributed by atoms with Gasteiger partial charge in [-0.3, -0.25) is 4.90 Å². The Morgan fingerprint density at radius 2 is 1.84 bits per heavy atom. The number of ether oxygens (including phenoxy) is 1. The second-order valence-electron chi connectivity index (χ2n) is 6.29. The molecule has 1 saturated heterocycles. The molecule has 25 heavy (non-hydrogen) atoms. The molecule has 0 bridgehead atoms. The molecule has 1 aromatic rings. The normalized spacial score (nSPS) is 16.3. The molecule has 1 fully saturated rings. The number of methoxy groups -OCH3 is 1. The first-order valence-corrected chi connectivity index (χ1v) is 9.87. The van der Waals surface area contributed by atoms with Crippen LogP contribution in [0.5, 0.6) is 0 Å². The zero-order valence-electron chi connectivity index (χ0n) is 15.4. The van der Waals surface area contributed by atoms with Gasteiger partial charge in [0.05, 0.1) is 23.3 Å². The van der Waals surface area contributed by atoms with Crippen LogP contribution in [-0.4, -0.2) is 77.5 Å². The first-order valence-electron chi connectivity index (χ1n) is 8.43. The lowest BCUT2D eigenvalue weighted by Gasteiger charge is -2.36. The highest BCUT2D eigenvalue weighted by atomic mass is 32.2. The number of esters is 1. The van der Waals surface area contributed by atoms with Gasteiger partial charge in [0.15, 0.2) is 0 Å². The van der Waals surface area contributed by atoms with Crippen LogP contribution < -0.4 is 4.90 Å². The van der Waals surface area contributed by atoms with Crippen LogP contribution in [0, 0.1) is 0 Å². The molecule has 140 valence electrons. The number of piperazine rings is 1. The van der Waals surface area contributed by atoms with E-state index < -0.39 is 16.0 Å². The van der Waals surface area contributed by atoms with E-state index in [1.165, 1.54) is 27.3 Å². The number of hydrogen-bond donors (Lipinski definition) is 0. The summed E-state index contributed by atoms with van der Waals surface area (Å²) in [5.74, 6) is -0.526. The third-order valence-electron chi connectivity index (χ3n) is 4.40. The van der Waals surface area contributed by atoms with Crippen LogP contribution in [-0.2, 0) is 14.8 Å². The van der Waals surface area contributed by atoms with Crippen molar-refractivity contribution in [3.8, 4) is 0 Å².